The Morgan fingerprint density at radius 2 is 1.74 bits per heavy atom. The molecule has 3 nitrogen and oxygen atoms in total. The number of para-hydroxylation sites is 1. The van der Waals surface area contributed by atoms with Crippen molar-refractivity contribution in [2.75, 3.05) is 4.90 Å². The molecule has 1 aliphatic rings. The predicted octanol–water partition coefficient (Wildman–Crippen LogP) is 6.34. The highest BCUT2D eigenvalue weighted by molar-refractivity contribution is 9.11. The number of amides is 1. The van der Waals surface area contributed by atoms with E-state index >= 15 is 0 Å². The quantitative estimate of drug-likeness (QED) is 0.357. The highest BCUT2D eigenvalue weighted by Crippen LogP contribution is 2.43. The Morgan fingerprint density at radius 3 is 2.33 bits per heavy atom. The number of aromatic hydroxyl groups is 1. The van der Waals surface area contributed by atoms with Crippen LogP contribution in [0.4, 0.5) is 18.9 Å². The van der Waals surface area contributed by atoms with Gasteiger partial charge in [-0.15, -0.1) is 0 Å². The van der Waals surface area contributed by atoms with Crippen molar-refractivity contribution in [3.05, 3.63) is 61.4 Å². The second-order valence-corrected chi connectivity index (χ2v) is 8.75. The van der Waals surface area contributed by atoms with Crippen LogP contribution in [0.25, 0.3) is 6.08 Å². The van der Waals surface area contributed by atoms with Crippen LogP contribution in [0.1, 0.15) is 11.1 Å². The second kappa shape index (κ2) is 7.57. The maximum absolute atomic E-state index is 13.3. The molecule has 140 valence electrons. The monoisotopic (exact) mass is 537 g/mol. The number of hydrogen-bond donors (Lipinski definition) is 1. The van der Waals surface area contributed by atoms with Gasteiger partial charge in [0.2, 0.25) is 0 Å². The Labute approximate surface area is 178 Å². The van der Waals surface area contributed by atoms with Crippen molar-refractivity contribution in [3.63, 3.8) is 0 Å². The number of nitrogens with zero attached hydrogens (tertiary/aromatic N) is 1. The molecule has 0 aromatic heterocycles. The molecular formula is C17H8Br2F3NO2S2. The smallest absolute Gasteiger partial charge is 0.418 e. The zero-order chi connectivity index (χ0) is 19.9. The van der Waals surface area contributed by atoms with E-state index in [-0.39, 0.29) is 20.7 Å². The van der Waals surface area contributed by atoms with E-state index in [1.807, 2.05) is 0 Å². The molecule has 2 aromatic carbocycles. The van der Waals surface area contributed by atoms with Gasteiger partial charge in [0.05, 0.1) is 25.1 Å². The molecule has 1 aliphatic heterocycles. The molecule has 0 saturated carbocycles. The summed E-state index contributed by atoms with van der Waals surface area (Å²) in [5, 5.41) is 9.76. The molecule has 0 atom stereocenters. The minimum Gasteiger partial charge on any atom is -0.506 e. The van der Waals surface area contributed by atoms with E-state index in [2.05, 4.69) is 31.9 Å². The lowest BCUT2D eigenvalue weighted by atomic mass is 10.1. The van der Waals surface area contributed by atoms with Crippen LogP contribution < -0.4 is 4.90 Å². The van der Waals surface area contributed by atoms with Gasteiger partial charge < -0.3 is 5.11 Å². The molecule has 1 heterocycles. The van der Waals surface area contributed by atoms with Gasteiger partial charge in [-0.3, -0.25) is 9.69 Å². The molecule has 0 radical (unpaired) electrons. The maximum Gasteiger partial charge on any atom is 0.418 e. The Balaban J connectivity index is 2.02. The number of phenolic OH excluding ortho intramolecular Hbond substituents is 1. The van der Waals surface area contributed by atoms with Crippen molar-refractivity contribution >= 4 is 77.8 Å². The second-order valence-electron chi connectivity index (χ2n) is 5.37. The first kappa shape index (κ1) is 20.4. The molecule has 0 aliphatic carbocycles. The number of benzene rings is 2. The molecule has 10 heteroatoms. The van der Waals surface area contributed by atoms with Crippen LogP contribution in [0.15, 0.2) is 50.2 Å². The lowest BCUT2D eigenvalue weighted by Crippen LogP contribution is -2.29. The van der Waals surface area contributed by atoms with Crippen molar-refractivity contribution in [1.29, 1.82) is 0 Å². The molecule has 1 amide bonds. The molecule has 1 N–H and O–H groups in total. The van der Waals surface area contributed by atoms with Crippen LogP contribution in [0.5, 0.6) is 5.75 Å². The fourth-order valence-electron chi connectivity index (χ4n) is 2.40. The summed E-state index contributed by atoms with van der Waals surface area (Å²) < 4.78 is 40.7. The highest BCUT2D eigenvalue weighted by atomic mass is 79.9. The first-order valence-corrected chi connectivity index (χ1v) is 10.0. The van der Waals surface area contributed by atoms with Crippen molar-refractivity contribution in [1.82, 2.24) is 0 Å². The van der Waals surface area contributed by atoms with Gasteiger partial charge in [0.1, 0.15) is 5.75 Å². The summed E-state index contributed by atoms with van der Waals surface area (Å²) in [6.45, 7) is 0. The summed E-state index contributed by atoms with van der Waals surface area (Å²) in [4.78, 5) is 13.8. The number of halogens is 5. The van der Waals surface area contributed by atoms with Crippen LogP contribution in [-0.4, -0.2) is 15.3 Å². The van der Waals surface area contributed by atoms with Gasteiger partial charge in [0.15, 0.2) is 4.32 Å². The SMILES string of the molecule is O=C1C(=Cc2cc(Br)c(O)c(Br)c2)SC(=S)N1c1ccccc1C(F)(F)F. The number of thioether (sulfide) groups is 1. The van der Waals surface area contributed by atoms with Crippen molar-refractivity contribution in [2.45, 2.75) is 6.18 Å². The van der Waals surface area contributed by atoms with Gasteiger partial charge in [-0.05, 0) is 67.8 Å². The van der Waals surface area contributed by atoms with Crippen LogP contribution in [0.3, 0.4) is 0 Å². The van der Waals surface area contributed by atoms with Crippen LogP contribution in [-0.2, 0) is 11.0 Å². The molecule has 27 heavy (non-hydrogen) atoms. The van der Waals surface area contributed by atoms with Crippen molar-refractivity contribution in [3.8, 4) is 5.75 Å². The molecule has 1 fully saturated rings. The van der Waals surface area contributed by atoms with E-state index in [0.717, 1.165) is 22.7 Å². The largest absolute Gasteiger partial charge is 0.506 e. The van der Waals surface area contributed by atoms with E-state index < -0.39 is 17.6 Å². The van der Waals surface area contributed by atoms with Crippen molar-refractivity contribution in [2.24, 2.45) is 0 Å². The number of carbonyl (C=O) groups is 1. The fraction of sp³-hybridized carbons (Fsp3) is 0.0588. The topological polar surface area (TPSA) is 40.5 Å². The van der Waals surface area contributed by atoms with Crippen LogP contribution in [0, 0.1) is 0 Å². The number of alkyl halides is 3. The van der Waals surface area contributed by atoms with Crippen LogP contribution in [0.2, 0.25) is 0 Å². The van der Waals surface area contributed by atoms with Gasteiger partial charge in [0, 0.05) is 0 Å². The average Bonchev–Trinajstić information content (AvgIpc) is 2.85. The fourth-order valence-corrected chi connectivity index (χ4v) is 4.91. The molecule has 3 rings (SSSR count). The van der Waals surface area contributed by atoms with E-state index in [4.69, 9.17) is 12.2 Å². The van der Waals surface area contributed by atoms with E-state index in [1.165, 1.54) is 24.3 Å². The number of phenols is 1. The van der Waals surface area contributed by atoms with E-state index in [1.54, 1.807) is 12.1 Å². The Hall–Kier alpha value is -1.36. The van der Waals surface area contributed by atoms with E-state index in [9.17, 15) is 23.1 Å². The minimum atomic E-state index is -4.61. The number of anilines is 1. The lowest BCUT2D eigenvalue weighted by molar-refractivity contribution is -0.137. The van der Waals surface area contributed by atoms with Gasteiger partial charge in [-0.25, -0.2) is 0 Å². The Morgan fingerprint density at radius 1 is 1.15 bits per heavy atom. The van der Waals surface area contributed by atoms with Gasteiger partial charge in [-0.2, -0.15) is 13.2 Å². The number of hydrogen-bond acceptors (Lipinski definition) is 4. The third kappa shape index (κ3) is 4.08. The summed E-state index contributed by atoms with van der Waals surface area (Å²) in [6.07, 6.45) is -3.11. The Kier molecular flexibility index (Phi) is 5.72. The first-order chi connectivity index (χ1) is 12.6. The summed E-state index contributed by atoms with van der Waals surface area (Å²) in [5.41, 5.74) is -0.669. The standard InChI is InChI=1S/C17H8Br2F3NO2S2/c18-10-5-8(6-11(19)14(10)24)7-13-15(25)23(16(26)27-13)12-4-2-1-3-9(12)17(20,21)22/h1-7,24H. The normalized spacial score (nSPS) is 16.5. The summed E-state index contributed by atoms with van der Waals surface area (Å²) in [6, 6.07) is 7.95. The molecule has 0 unspecified atom stereocenters. The number of rotatable bonds is 2. The zero-order valence-corrected chi connectivity index (χ0v) is 17.9. The minimum absolute atomic E-state index is 0.00111. The molecule has 2 aromatic rings. The average molecular weight is 539 g/mol. The summed E-state index contributed by atoms with van der Waals surface area (Å²) >= 11 is 12.4. The molecular weight excluding hydrogens is 531 g/mol. The number of thiocarbonyl (C=S) groups is 1. The third-order valence-corrected chi connectivity index (χ3v) is 6.09. The zero-order valence-electron chi connectivity index (χ0n) is 13.1. The summed E-state index contributed by atoms with van der Waals surface area (Å²) in [7, 11) is 0. The Bertz CT molecular complexity index is 969. The summed E-state index contributed by atoms with van der Waals surface area (Å²) in [5.74, 6) is -0.638. The third-order valence-electron chi connectivity index (χ3n) is 3.58. The first-order valence-electron chi connectivity index (χ1n) is 7.22. The van der Waals surface area contributed by atoms with E-state index in [0.29, 0.717) is 14.5 Å². The van der Waals surface area contributed by atoms with Gasteiger partial charge in [0.25, 0.3) is 5.91 Å². The maximum atomic E-state index is 13.3. The van der Waals surface area contributed by atoms with Gasteiger partial charge >= 0.3 is 6.18 Å². The predicted molar refractivity (Wildman–Crippen MR) is 111 cm³/mol. The van der Waals surface area contributed by atoms with Crippen LogP contribution >= 0.6 is 55.8 Å². The van der Waals surface area contributed by atoms with Crippen molar-refractivity contribution < 1.29 is 23.1 Å². The highest BCUT2D eigenvalue weighted by Gasteiger charge is 2.40. The molecule has 0 bridgehead atoms. The lowest BCUT2D eigenvalue weighted by Gasteiger charge is -2.20. The molecule has 1 saturated heterocycles. The van der Waals surface area contributed by atoms with Gasteiger partial charge in [-0.1, -0.05) is 36.1 Å². The molecule has 0 spiro atoms. The number of carbonyl (C=O) groups excluding carboxylic acids is 1.